The minimum absolute atomic E-state index is 0.00866. The van der Waals surface area contributed by atoms with Gasteiger partial charge in [-0.05, 0) is 19.3 Å². The van der Waals surface area contributed by atoms with Gasteiger partial charge in [-0.15, -0.1) is 0 Å². The van der Waals surface area contributed by atoms with Crippen LogP contribution >= 0.6 is 0 Å². The molecule has 1 atom stereocenters. The van der Waals surface area contributed by atoms with E-state index < -0.39 is 5.60 Å². The fraction of sp³-hybridized carbons (Fsp3) is 1.00. The number of nitrogens with two attached hydrogens (primary N) is 1. The summed E-state index contributed by atoms with van der Waals surface area (Å²) in [4.78, 5) is 0. The standard InChI is InChI=1S/C12H25NO/c1-2-3-5-8-11(13)12(14)9-6-4-7-10-12/h11,14H,2-10,13H2,1H3. The molecule has 0 aromatic rings. The molecule has 1 rings (SSSR count). The summed E-state index contributed by atoms with van der Waals surface area (Å²) in [5.74, 6) is 0. The van der Waals surface area contributed by atoms with Crippen molar-refractivity contribution in [3.8, 4) is 0 Å². The summed E-state index contributed by atoms with van der Waals surface area (Å²) in [6.07, 6.45) is 10.0. The Balaban J connectivity index is 2.29. The SMILES string of the molecule is CCCCCC(N)C1(O)CCCCC1. The van der Waals surface area contributed by atoms with Crippen LogP contribution in [0, 0.1) is 0 Å². The monoisotopic (exact) mass is 199 g/mol. The lowest BCUT2D eigenvalue weighted by Crippen LogP contribution is -2.49. The molecule has 0 radical (unpaired) electrons. The van der Waals surface area contributed by atoms with Gasteiger partial charge < -0.3 is 10.8 Å². The lowest BCUT2D eigenvalue weighted by molar-refractivity contribution is -0.0220. The summed E-state index contributed by atoms with van der Waals surface area (Å²) in [7, 11) is 0. The van der Waals surface area contributed by atoms with Crippen LogP contribution < -0.4 is 5.73 Å². The Morgan fingerprint density at radius 2 is 1.86 bits per heavy atom. The van der Waals surface area contributed by atoms with E-state index in [1.165, 1.54) is 25.7 Å². The summed E-state index contributed by atoms with van der Waals surface area (Å²) in [6, 6.07) is 0.00866. The van der Waals surface area contributed by atoms with Crippen molar-refractivity contribution in [3.63, 3.8) is 0 Å². The zero-order valence-electron chi connectivity index (χ0n) is 9.47. The van der Waals surface area contributed by atoms with Gasteiger partial charge in [0.2, 0.25) is 0 Å². The van der Waals surface area contributed by atoms with Crippen LogP contribution in [0.25, 0.3) is 0 Å². The van der Waals surface area contributed by atoms with Crippen LogP contribution in [-0.2, 0) is 0 Å². The van der Waals surface area contributed by atoms with E-state index in [-0.39, 0.29) is 6.04 Å². The second-order valence-corrected chi connectivity index (χ2v) is 4.77. The molecule has 1 unspecified atom stereocenters. The molecule has 2 heteroatoms. The fourth-order valence-electron chi connectivity index (χ4n) is 2.42. The molecule has 0 aromatic heterocycles. The quantitative estimate of drug-likeness (QED) is 0.668. The van der Waals surface area contributed by atoms with Gasteiger partial charge >= 0.3 is 0 Å². The smallest absolute Gasteiger partial charge is 0.0797 e. The van der Waals surface area contributed by atoms with Gasteiger partial charge in [0.05, 0.1) is 5.60 Å². The fourth-order valence-corrected chi connectivity index (χ4v) is 2.42. The number of rotatable bonds is 5. The maximum Gasteiger partial charge on any atom is 0.0797 e. The first-order valence-corrected chi connectivity index (χ1v) is 6.17. The maximum absolute atomic E-state index is 10.3. The van der Waals surface area contributed by atoms with Gasteiger partial charge in [0.1, 0.15) is 0 Å². The van der Waals surface area contributed by atoms with E-state index in [1.807, 2.05) is 0 Å². The minimum atomic E-state index is -0.536. The molecule has 1 aliphatic rings. The average molecular weight is 199 g/mol. The van der Waals surface area contributed by atoms with Crippen LogP contribution in [0.4, 0.5) is 0 Å². The third kappa shape index (κ3) is 3.25. The third-order valence-electron chi connectivity index (χ3n) is 3.53. The van der Waals surface area contributed by atoms with E-state index in [1.54, 1.807) is 0 Å². The van der Waals surface area contributed by atoms with Crippen molar-refractivity contribution in [2.75, 3.05) is 0 Å². The summed E-state index contributed by atoms with van der Waals surface area (Å²) in [5, 5.41) is 10.3. The Bertz CT molecular complexity index is 152. The highest BCUT2D eigenvalue weighted by Gasteiger charge is 2.34. The van der Waals surface area contributed by atoms with Crippen LogP contribution in [0.1, 0.15) is 64.7 Å². The second kappa shape index (κ2) is 5.72. The highest BCUT2D eigenvalue weighted by Crippen LogP contribution is 2.31. The molecule has 2 nitrogen and oxygen atoms in total. The van der Waals surface area contributed by atoms with Crippen molar-refractivity contribution < 1.29 is 5.11 Å². The molecular weight excluding hydrogens is 174 g/mol. The van der Waals surface area contributed by atoms with Crippen LogP contribution in [0.2, 0.25) is 0 Å². The topological polar surface area (TPSA) is 46.2 Å². The molecule has 1 aliphatic carbocycles. The Hall–Kier alpha value is -0.0800. The molecule has 0 bridgehead atoms. The number of hydrogen-bond donors (Lipinski definition) is 2. The molecule has 0 heterocycles. The van der Waals surface area contributed by atoms with Gasteiger partial charge in [0.15, 0.2) is 0 Å². The zero-order chi connectivity index (χ0) is 10.4. The highest BCUT2D eigenvalue weighted by atomic mass is 16.3. The summed E-state index contributed by atoms with van der Waals surface area (Å²) in [6.45, 7) is 2.20. The molecule has 0 amide bonds. The first-order valence-electron chi connectivity index (χ1n) is 6.17. The van der Waals surface area contributed by atoms with Crippen molar-refractivity contribution in [1.82, 2.24) is 0 Å². The highest BCUT2D eigenvalue weighted by molar-refractivity contribution is 4.91. The normalized spacial score (nSPS) is 23.4. The maximum atomic E-state index is 10.3. The van der Waals surface area contributed by atoms with E-state index in [2.05, 4.69) is 6.92 Å². The van der Waals surface area contributed by atoms with Gasteiger partial charge in [0, 0.05) is 6.04 Å². The van der Waals surface area contributed by atoms with Crippen molar-refractivity contribution in [2.24, 2.45) is 5.73 Å². The van der Waals surface area contributed by atoms with Crippen LogP contribution in [0.3, 0.4) is 0 Å². The minimum Gasteiger partial charge on any atom is -0.388 e. The van der Waals surface area contributed by atoms with E-state index >= 15 is 0 Å². The summed E-state index contributed by atoms with van der Waals surface area (Å²) < 4.78 is 0. The molecule has 0 aliphatic heterocycles. The molecule has 84 valence electrons. The molecule has 14 heavy (non-hydrogen) atoms. The van der Waals surface area contributed by atoms with E-state index in [4.69, 9.17) is 5.73 Å². The van der Waals surface area contributed by atoms with Gasteiger partial charge in [-0.2, -0.15) is 0 Å². The Morgan fingerprint density at radius 1 is 1.21 bits per heavy atom. The second-order valence-electron chi connectivity index (χ2n) is 4.77. The van der Waals surface area contributed by atoms with Gasteiger partial charge in [-0.3, -0.25) is 0 Å². The Morgan fingerprint density at radius 3 is 2.43 bits per heavy atom. The first kappa shape index (κ1) is 12.0. The predicted octanol–water partition coefficient (Wildman–Crippen LogP) is 2.59. The molecule has 1 saturated carbocycles. The third-order valence-corrected chi connectivity index (χ3v) is 3.53. The van der Waals surface area contributed by atoms with E-state index in [0.717, 1.165) is 32.1 Å². The summed E-state index contributed by atoms with van der Waals surface area (Å²) >= 11 is 0. The summed E-state index contributed by atoms with van der Waals surface area (Å²) in [5.41, 5.74) is 5.54. The van der Waals surface area contributed by atoms with Crippen LogP contribution in [-0.4, -0.2) is 16.7 Å². The Labute approximate surface area is 87.9 Å². The van der Waals surface area contributed by atoms with Crippen molar-refractivity contribution in [2.45, 2.75) is 76.4 Å². The lowest BCUT2D eigenvalue weighted by Gasteiger charge is -2.37. The van der Waals surface area contributed by atoms with Gasteiger partial charge in [-0.25, -0.2) is 0 Å². The predicted molar refractivity (Wildman–Crippen MR) is 60.2 cm³/mol. The molecule has 0 spiro atoms. The number of hydrogen-bond acceptors (Lipinski definition) is 2. The largest absolute Gasteiger partial charge is 0.388 e. The van der Waals surface area contributed by atoms with Gasteiger partial charge in [0.25, 0.3) is 0 Å². The molecule has 0 aromatic carbocycles. The van der Waals surface area contributed by atoms with Crippen molar-refractivity contribution in [3.05, 3.63) is 0 Å². The average Bonchev–Trinajstić information content (AvgIpc) is 2.19. The molecular formula is C12H25NO. The molecule has 0 saturated heterocycles. The van der Waals surface area contributed by atoms with E-state index in [9.17, 15) is 5.11 Å². The Kier molecular flexibility index (Phi) is 4.90. The molecule has 1 fully saturated rings. The van der Waals surface area contributed by atoms with Crippen LogP contribution in [0.15, 0.2) is 0 Å². The number of aliphatic hydroxyl groups is 1. The van der Waals surface area contributed by atoms with Crippen molar-refractivity contribution in [1.29, 1.82) is 0 Å². The van der Waals surface area contributed by atoms with Crippen molar-refractivity contribution >= 4 is 0 Å². The van der Waals surface area contributed by atoms with Gasteiger partial charge in [-0.1, -0.05) is 45.4 Å². The first-order chi connectivity index (χ1) is 6.69. The lowest BCUT2D eigenvalue weighted by atomic mass is 9.78. The molecule has 3 N–H and O–H groups in total. The van der Waals surface area contributed by atoms with E-state index in [0.29, 0.717) is 0 Å². The zero-order valence-corrected chi connectivity index (χ0v) is 9.47. The number of unbranched alkanes of at least 4 members (excludes halogenated alkanes) is 2. The van der Waals surface area contributed by atoms with Crippen LogP contribution in [0.5, 0.6) is 0 Å².